The third-order valence-electron chi connectivity index (χ3n) is 1.92. The molecule has 10 heteroatoms. The van der Waals surface area contributed by atoms with Crippen molar-refractivity contribution in [3.8, 4) is 0 Å². The number of hydrogen-bond donors (Lipinski definition) is 3. The molecule has 1 amide bonds. The van der Waals surface area contributed by atoms with E-state index < -0.39 is 23.2 Å². The first-order valence-electron chi connectivity index (χ1n) is 5.17. The quantitative estimate of drug-likeness (QED) is 0.433. The first-order chi connectivity index (χ1) is 8.86. The Morgan fingerprint density at radius 3 is 2.70 bits per heavy atom. The number of aromatic nitrogens is 1. The second kappa shape index (κ2) is 8.22. The average molecular weight is 373 g/mol. The van der Waals surface area contributed by atoms with Gasteiger partial charge in [-0.2, -0.15) is 13.2 Å². The van der Waals surface area contributed by atoms with Gasteiger partial charge in [-0.25, -0.2) is 0 Å². The van der Waals surface area contributed by atoms with Crippen molar-refractivity contribution in [3.05, 3.63) is 29.6 Å². The molecule has 0 saturated carbocycles. The van der Waals surface area contributed by atoms with E-state index in [1.807, 2.05) is 5.32 Å². The van der Waals surface area contributed by atoms with Crippen molar-refractivity contribution in [2.24, 2.45) is 0 Å². The summed E-state index contributed by atoms with van der Waals surface area (Å²) >= 11 is 0.812. The number of halogens is 4. The van der Waals surface area contributed by atoms with Crippen LogP contribution in [0.3, 0.4) is 0 Å². The normalized spacial score (nSPS) is 10.6. The molecule has 112 valence electrons. The van der Waals surface area contributed by atoms with E-state index in [9.17, 15) is 18.0 Å². The fraction of sp³-hybridized carbons (Fsp3) is 0.300. The Morgan fingerprint density at radius 2 is 2.15 bits per heavy atom. The van der Waals surface area contributed by atoms with E-state index in [1.165, 1.54) is 0 Å². The number of alkyl halides is 3. The van der Waals surface area contributed by atoms with Crippen molar-refractivity contribution in [2.45, 2.75) is 13.1 Å². The molecule has 1 rings (SSSR count). The van der Waals surface area contributed by atoms with Gasteiger partial charge in [-0.1, -0.05) is 6.92 Å². The summed E-state index contributed by atoms with van der Waals surface area (Å²) in [6.07, 6.45) is -2.87. The van der Waals surface area contributed by atoms with E-state index in [0.29, 0.717) is 6.54 Å². The molecule has 0 radical (unpaired) electrons. The Kier molecular flexibility index (Phi) is 7.76. The lowest BCUT2D eigenvalue weighted by Gasteiger charge is -2.12. The maximum absolute atomic E-state index is 12.7. The van der Waals surface area contributed by atoms with Crippen molar-refractivity contribution >= 4 is 40.0 Å². The number of nitrogens with zero attached hydrogens (tertiary/aromatic N) is 1. The predicted molar refractivity (Wildman–Crippen MR) is 76.0 cm³/mol. The molecule has 0 bridgehead atoms. The third kappa shape index (κ3) is 5.47. The number of rotatable bonds is 3. The Hall–Kier alpha value is -1.13. The van der Waals surface area contributed by atoms with Gasteiger partial charge >= 0.3 is 6.18 Å². The monoisotopic (exact) mass is 372 g/mol. The van der Waals surface area contributed by atoms with E-state index in [0.717, 1.165) is 30.4 Å². The van der Waals surface area contributed by atoms with Crippen molar-refractivity contribution in [3.63, 3.8) is 0 Å². The van der Waals surface area contributed by atoms with Crippen LogP contribution >= 0.6 is 28.9 Å². The molecule has 0 saturated heterocycles. The Morgan fingerprint density at radius 1 is 1.50 bits per heavy atom. The SMILES string of the molecule is Br.CCNSC(=N)NC(=O)c1cnccc1C(F)(F)F. The molecule has 5 nitrogen and oxygen atoms in total. The van der Waals surface area contributed by atoms with Crippen LogP contribution in [0.15, 0.2) is 18.5 Å². The molecule has 0 aliphatic rings. The van der Waals surface area contributed by atoms with Crippen LogP contribution in [0.5, 0.6) is 0 Å². The standard InChI is InChI=1S/C10H11F3N4OS.BrH/c1-2-16-19-9(14)17-8(18)6-5-15-4-3-7(6)10(11,12)13;/h3-5,16H,2H2,1H3,(H2,14,17,18);1H. The highest BCUT2D eigenvalue weighted by Gasteiger charge is 2.35. The van der Waals surface area contributed by atoms with Crippen molar-refractivity contribution in [1.29, 1.82) is 5.41 Å². The Labute approximate surface area is 128 Å². The Balaban J connectivity index is 0.00000361. The molecular weight excluding hydrogens is 361 g/mol. The lowest BCUT2D eigenvalue weighted by Crippen LogP contribution is -2.31. The average Bonchev–Trinajstić information content (AvgIpc) is 2.35. The second-order valence-electron chi connectivity index (χ2n) is 3.30. The van der Waals surface area contributed by atoms with Crippen LogP contribution in [0.4, 0.5) is 13.2 Å². The number of hydrogen-bond acceptors (Lipinski definition) is 5. The summed E-state index contributed by atoms with van der Waals surface area (Å²) in [5.74, 6) is -1.02. The molecule has 1 heterocycles. The first kappa shape index (κ1) is 18.9. The van der Waals surface area contributed by atoms with Crippen LogP contribution in [0, 0.1) is 5.41 Å². The molecule has 0 atom stereocenters. The molecule has 0 aromatic carbocycles. The highest BCUT2D eigenvalue weighted by molar-refractivity contribution is 8.93. The van der Waals surface area contributed by atoms with Crippen LogP contribution in [0.2, 0.25) is 0 Å². The van der Waals surface area contributed by atoms with E-state index >= 15 is 0 Å². The zero-order chi connectivity index (χ0) is 14.5. The van der Waals surface area contributed by atoms with Gasteiger partial charge in [0.2, 0.25) is 0 Å². The van der Waals surface area contributed by atoms with Gasteiger partial charge in [-0.3, -0.25) is 19.9 Å². The molecular formula is C10H12BrF3N4OS. The minimum atomic E-state index is -4.65. The highest BCUT2D eigenvalue weighted by atomic mass is 79.9. The van der Waals surface area contributed by atoms with Crippen LogP contribution in [-0.2, 0) is 6.18 Å². The van der Waals surface area contributed by atoms with Gasteiger partial charge in [0.1, 0.15) is 0 Å². The van der Waals surface area contributed by atoms with Gasteiger partial charge in [-0.05, 0) is 18.0 Å². The van der Waals surface area contributed by atoms with Crippen LogP contribution in [0.25, 0.3) is 0 Å². The first-order valence-corrected chi connectivity index (χ1v) is 5.98. The van der Waals surface area contributed by atoms with E-state index in [4.69, 9.17) is 5.41 Å². The van der Waals surface area contributed by atoms with Gasteiger partial charge in [0.25, 0.3) is 5.91 Å². The van der Waals surface area contributed by atoms with Crippen molar-refractivity contribution in [2.75, 3.05) is 6.54 Å². The summed E-state index contributed by atoms with van der Waals surface area (Å²) < 4.78 is 40.7. The van der Waals surface area contributed by atoms with Crippen LogP contribution in [-0.4, -0.2) is 22.6 Å². The maximum atomic E-state index is 12.7. The fourth-order valence-electron chi connectivity index (χ4n) is 1.16. The van der Waals surface area contributed by atoms with Gasteiger partial charge in [0, 0.05) is 18.9 Å². The summed E-state index contributed by atoms with van der Waals surface area (Å²) in [5.41, 5.74) is -1.70. The minimum absolute atomic E-state index is 0. The van der Waals surface area contributed by atoms with Gasteiger partial charge < -0.3 is 5.32 Å². The van der Waals surface area contributed by atoms with Crippen molar-refractivity contribution < 1.29 is 18.0 Å². The third-order valence-corrected chi connectivity index (χ3v) is 2.66. The van der Waals surface area contributed by atoms with E-state index in [-0.39, 0.29) is 22.1 Å². The molecule has 20 heavy (non-hydrogen) atoms. The number of carbonyl (C=O) groups is 1. The Bertz CT molecular complexity index is 484. The van der Waals surface area contributed by atoms with Gasteiger partial charge in [-0.15, -0.1) is 17.0 Å². The molecule has 1 aromatic heterocycles. The summed E-state index contributed by atoms with van der Waals surface area (Å²) in [6.45, 7) is 2.33. The van der Waals surface area contributed by atoms with Crippen LogP contribution in [0.1, 0.15) is 22.8 Å². The molecule has 0 aliphatic carbocycles. The molecule has 0 aliphatic heterocycles. The molecule has 0 unspecified atom stereocenters. The largest absolute Gasteiger partial charge is 0.417 e. The number of carbonyl (C=O) groups excluding carboxylic acids is 1. The fourth-order valence-corrected chi connectivity index (χ4v) is 1.60. The molecule has 0 spiro atoms. The zero-order valence-electron chi connectivity index (χ0n) is 10.2. The molecule has 0 fully saturated rings. The highest BCUT2D eigenvalue weighted by Crippen LogP contribution is 2.31. The number of amides is 1. The summed E-state index contributed by atoms with van der Waals surface area (Å²) in [6, 6.07) is 0.718. The second-order valence-corrected chi connectivity index (χ2v) is 4.20. The van der Waals surface area contributed by atoms with Crippen LogP contribution < -0.4 is 10.0 Å². The summed E-state index contributed by atoms with van der Waals surface area (Å²) in [7, 11) is 0. The number of amidine groups is 1. The van der Waals surface area contributed by atoms with Gasteiger partial charge in [0.05, 0.1) is 11.1 Å². The minimum Gasteiger partial charge on any atom is -0.300 e. The maximum Gasteiger partial charge on any atom is 0.417 e. The van der Waals surface area contributed by atoms with E-state index in [2.05, 4.69) is 9.71 Å². The molecule has 3 N–H and O–H groups in total. The zero-order valence-corrected chi connectivity index (χ0v) is 12.8. The number of nitrogens with one attached hydrogen (secondary N) is 3. The van der Waals surface area contributed by atoms with Crippen molar-refractivity contribution in [1.82, 2.24) is 15.0 Å². The van der Waals surface area contributed by atoms with Gasteiger partial charge in [0.15, 0.2) is 5.17 Å². The number of pyridine rings is 1. The lowest BCUT2D eigenvalue weighted by atomic mass is 10.1. The smallest absolute Gasteiger partial charge is 0.300 e. The summed E-state index contributed by atoms with van der Waals surface area (Å²) in [5, 5.41) is 9.13. The molecule has 1 aromatic rings. The van der Waals surface area contributed by atoms with E-state index in [1.54, 1.807) is 6.92 Å². The lowest BCUT2D eigenvalue weighted by molar-refractivity contribution is -0.138. The predicted octanol–water partition coefficient (Wildman–Crippen LogP) is 2.60. The topological polar surface area (TPSA) is 77.9 Å². The summed E-state index contributed by atoms with van der Waals surface area (Å²) in [4.78, 5) is 15.1.